The van der Waals surface area contributed by atoms with Crippen LogP contribution >= 0.6 is 0 Å². The lowest BCUT2D eigenvalue weighted by Gasteiger charge is -2.13. The third-order valence-electron chi connectivity index (χ3n) is 4.12. The van der Waals surface area contributed by atoms with E-state index in [-0.39, 0.29) is 0 Å². The molecule has 1 aliphatic carbocycles. The molecule has 1 aliphatic rings. The summed E-state index contributed by atoms with van der Waals surface area (Å²) in [5.74, 6) is 0. The zero-order valence-electron chi connectivity index (χ0n) is 10.8. The maximum atomic E-state index is 10.4. The first-order chi connectivity index (χ1) is 9.77. The van der Waals surface area contributed by atoms with E-state index in [9.17, 15) is 10.2 Å². The highest BCUT2D eigenvalue weighted by molar-refractivity contribution is 5.97. The molecule has 2 nitrogen and oxygen atoms in total. The summed E-state index contributed by atoms with van der Waals surface area (Å²) in [4.78, 5) is 0. The zero-order valence-corrected chi connectivity index (χ0v) is 10.8. The second-order valence-electron chi connectivity index (χ2n) is 5.23. The summed E-state index contributed by atoms with van der Waals surface area (Å²) in [7, 11) is 0. The molecule has 98 valence electrons. The van der Waals surface area contributed by atoms with Crippen LogP contribution in [0.2, 0.25) is 0 Å². The molecular weight excluding hydrogens is 248 g/mol. The van der Waals surface area contributed by atoms with Crippen molar-refractivity contribution in [3.05, 3.63) is 71.8 Å². The Balaban J connectivity index is 2.10. The molecule has 0 radical (unpaired) electrons. The second kappa shape index (κ2) is 4.17. The fraction of sp³-hybridized carbons (Fsp3) is 0.111. The third kappa shape index (κ3) is 1.46. The van der Waals surface area contributed by atoms with Crippen molar-refractivity contribution in [2.24, 2.45) is 0 Å². The van der Waals surface area contributed by atoms with Gasteiger partial charge in [-0.1, -0.05) is 60.7 Å². The average Bonchev–Trinajstić information content (AvgIpc) is 2.76. The molecule has 4 rings (SSSR count). The quantitative estimate of drug-likeness (QED) is 0.703. The van der Waals surface area contributed by atoms with Crippen LogP contribution in [0.5, 0.6) is 0 Å². The number of aliphatic hydroxyl groups excluding tert-OH is 2. The Morgan fingerprint density at radius 2 is 1.50 bits per heavy atom. The Bertz CT molecular complexity index is 793. The summed E-state index contributed by atoms with van der Waals surface area (Å²) < 4.78 is 0. The first-order valence-electron chi connectivity index (χ1n) is 6.74. The Morgan fingerprint density at radius 3 is 2.30 bits per heavy atom. The van der Waals surface area contributed by atoms with Gasteiger partial charge in [0.1, 0.15) is 12.2 Å². The minimum atomic E-state index is -0.855. The maximum absolute atomic E-state index is 10.4. The number of aliphatic hydroxyl groups is 2. The molecule has 20 heavy (non-hydrogen) atoms. The van der Waals surface area contributed by atoms with Crippen LogP contribution in [0.25, 0.3) is 21.9 Å². The molecule has 2 heteroatoms. The van der Waals surface area contributed by atoms with Gasteiger partial charge in [0.05, 0.1) is 0 Å². The third-order valence-corrected chi connectivity index (χ3v) is 4.12. The van der Waals surface area contributed by atoms with E-state index in [1.807, 2.05) is 54.6 Å². The van der Waals surface area contributed by atoms with Crippen molar-refractivity contribution in [1.82, 2.24) is 0 Å². The minimum Gasteiger partial charge on any atom is -0.385 e. The van der Waals surface area contributed by atoms with E-state index in [0.29, 0.717) is 0 Å². The van der Waals surface area contributed by atoms with Crippen LogP contribution in [0.1, 0.15) is 23.3 Å². The molecule has 0 aliphatic heterocycles. The van der Waals surface area contributed by atoms with Crippen molar-refractivity contribution >= 4 is 10.8 Å². The lowest BCUT2D eigenvalue weighted by atomic mass is 9.94. The van der Waals surface area contributed by atoms with E-state index < -0.39 is 12.2 Å². The smallest absolute Gasteiger partial charge is 0.110 e. The predicted octanol–water partition coefficient (Wildman–Crippen LogP) is 3.59. The van der Waals surface area contributed by atoms with E-state index >= 15 is 0 Å². The van der Waals surface area contributed by atoms with Gasteiger partial charge in [-0.15, -0.1) is 0 Å². The van der Waals surface area contributed by atoms with E-state index in [1.165, 1.54) is 0 Å². The molecule has 0 aromatic heterocycles. The van der Waals surface area contributed by atoms with Crippen molar-refractivity contribution in [3.63, 3.8) is 0 Å². The fourth-order valence-electron chi connectivity index (χ4n) is 3.19. The summed E-state index contributed by atoms with van der Waals surface area (Å²) in [5.41, 5.74) is 3.72. The second-order valence-corrected chi connectivity index (χ2v) is 5.23. The number of benzene rings is 3. The Hall–Kier alpha value is -2.16. The highest BCUT2D eigenvalue weighted by atomic mass is 16.3. The summed E-state index contributed by atoms with van der Waals surface area (Å²) in [5, 5.41) is 22.7. The normalized spacial score (nSPS) is 20.5. The topological polar surface area (TPSA) is 40.5 Å². The molecule has 2 atom stereocenters. The van der Waals surface area contributed by atoms with Crippen LogP contribution in [0.15, 0.2) is 60.7 Å². The Labute approximate surface area is 116 Å². The molecule has 0 amide bonds. The van der Waals surface area contributed by atoms with Gasteiger partial charge in [-0.2, -0.15) is 0 Å². The van der Waals surface area contributed by atoms with Crippen LogP contribution < -0.4 is 0 Å². The van der Waals surface area contributed by atoms with Gasteiger partial charge in [-0.05, 0) is 33.0 Å². The average molecular weight is 262 g/mol. The van der Waals surface area contributed by atoms with Gasteiger partial charge >= 0.3 is 0 Å². The van der Waals surface area contributed by atoms with Gasteiger partial charge in [0.15, 0.2) is 0 Å². The van der Waals surface area contributed by atoms with Crippen LogP contribution in [0, 0.1) is 0 Å². The van der Waals surface area contributed by atoms with Gasteiger partial charge in [0.25, 0.3) is 0 Å². The standard InChI is InChI=1S/C18H14O2/c19-17-14-8-4-7-12-9-10-13(11-5-2-1-3-6-11)16(15(12)14)18(17)20/h1-10,17-20H/t17-,18+/m1/s1. The zero-order chi connectivity index (χ0) is 13.7. The van der Waals surface area contributed by atoms with Crippen molar-refractivity contribution in [1.29, 1.82) is 0 Å². The van der Waals surface area contributed by atoms with E-state index in [0.717, 1.165) is 33.0 Å². The number of hydrogen-bond acceptors (Lipinski definition) is 2. The summed E-state index contributed by atoms with van der Waals surface area (Å²) in [6.45, 7) is 0. The maximum Gasteiger partial charge on any atom is 0.110 e. The lowest BCUT2D eigenvalue weighted by Crippen LogP contribution is -2.03. The molecule has 2 N–H and O–H groups in total. The van der Waals surface area contributed by atoms with Crippen LogP contribution in [-0.4, -0.2) is 10.2 Å². The van der Waals surface area contributed by atoms with Crippen LogP contribution in [-0.2, 0) is 0 Å². The Morgan fingerprint density at radius 1 is 0.700 bits per heavy atom. The first kappa shape index (κ1) is 11.6. The van der Waals surface area contributed by atoms with Gasteiger partial charge in [-0.3, -0.25) is 0 Å². The largest absolute Gasteiger partial charge is 0.385 e. The highest BCUT2D eigenvalue weighted by Crippen LogP contribution is 2.47. The minimum absolute atomic E-state index is 0.822. The molecular formula is C18H14O2. The fourth-order valence-corrected chi connectivity index (χ4v) is 3.19. The number of hydrogen-bond donors (Lipinski definition) is 2. The SMILES string of the molecule is O[C@@H]1c2cccc3ccc(-c4ccccc4)c(c23)[C@@H]1O. The predicted molar refractivity (Wildman–Crippen MR) is 79.3 cm³/mol. The molecule has 0 spiro atoms. The molecule has 3 aromatic carbocycles. The summed E-state index contributed by atoms with van der Waals surface area (Å²) in [6, 6.07) is 19.9. The van der Waals surface area contributed by atoms with Crippen molar-refractivity contribution < 1.29 is 10.2 Å². The summed E-state index contributed by atoms with van der Waals surface area (Å²) >= 11 is 0. The van der Waals surface area contributed by atoms with Crippen molar-refractivity contribution in [2.45, 2.75) is 12.2 Å². The number of rotatable bonds is 1. The molecule has 0 saturated carbocycles. The molecule has 0 heterocycles. The molecule has 0 bridgehead atoms. The highest BCUT2D eigenvalue weighted by Gasteiger charge is 2.33. The molecule has 3 aromatic rings. The molecule has 0 fully saturated rings. The van der Waals surface area contributed by atoms with Gasteiger partial charge in [-0.25, -0.2) is 0 Å². The monoisotopic (exact) mass is 262 g/mol. The van der Waals surface area contributed by atoms with Gasteiger partial charge < -0.3 is 10.2 Å². The van der Waals surface area contributed by atoms with E-state index in [2.05, 4.69) is 6.07 Å². The van der Waals surface area contributed by atoms with Gasteiger partial charge in [0, 0.05) is 0 Å². The lowest BCUT2D eigenvalue weighted by molar-refractivity contribution is 0.0256. The summed E-state index contributed by atoms with van der Waals surface area (Å²) in [6.07, 6.45) is -1.69. The first-order valence-corrected chi connectivity index (χ1v) is 6.74. The molecule has 0 unspecified atom stereocenters. The van der Waals surface area contributed by atoms with Gasteiger partial charge in [0.2, 0.25) is 0 Å². The molecule has 0 saturated heterocycles. The van der Waals surface area contributed by atoms with E-state index in [4.69, 9.17) is 0 Å². The van der Waals surface area contributed by atoms with Crippen molar-refractivity contribution in [2.75, 3.05) is 0 Å². The van der Waals surface area contributed by atoms with Crippen LogP contribution in [0.3, 0.4) is 0 Å². The Kier molecular flexibility index (Phi) is 2.43. The van der Waals surface area contributed by atoms with E-state index in [1.54, 1.807) is 0 Å². The van der Waals surface area contributed by atoms with Crippen molar-refractivity contribution in [3.8, 4) is 11.1 Å². The van der Waals surface area contributed by atoms with Crippen LogP contribution in [0.4, 0.5) is 0 Å².